The van der Waals surface area contributed by atoms with Crippen molar-refractivity contribution < 1.29 is 4.79 Å². The summed E-state index contributed by atoms with van der Waals surface area (Å²) < 4.78 is 0. The molecule has 0 spiro atoms. The second-order valence-corrected chi connectivity index (χ2v) is 5.85. The maximum Gasteiger partial charge on any atom is 0.225 e. The minimum Gasteiger partial charge on any atom is -0.343 e. The summed E-state index contributed by atoms with van der Waals surface area (Å²) in [6.07, 6.45) is 10.4. The maximum absolute atomic E-state index is 12.4. The van der Waals surface area contributed by atoms with Crippen LogP contribution >= 0.6 is 0 Å². The lowest BCUT2D eigenvalue weighted by molar-refractivity contribution is -0.138. The molecule has 2 N–H and O–H groups in total. The highest BCUT2D eigenvalue weighted by Crippen LogP contribution is 2.28. The first kappa shape index (κ1) is 12.9. The SMILES string of the molecule is CN(C(=O)C1CCC(N)CC1)C1CCCCC1. The number of carbonyl (C=O) groups excluding carboxylic acids is 1. The van der Waals surface area contributed by atoms with E-state index in [2.05, 4.69) is 0 Å². The molecule has 0 unspecified atom stereocenters. The van der Waals surface area contributed by atoms with Gasteiger partial charge >= 0.3 is 0 Å². The van der Waals surface area contributed by atoms with Crippen molar-refractivity contribution in [2.75, 3.05) is 7.05 Å². The largest absolute Gasteiger partial charge is 0.343 e. The average Bonchev–Trinajstić information content (AvgIpc) is 2.39. The van der Waals surface area contributed by atoms with Crippen LogP contribution in [0.25, 0.3) is 0 Å². The Kier molecular flexibility index (Phi) is 4.43. The second-order valence-electron chi connectivity index (χ2n) is 5.85. The summed E-state index contributed by atoms with van der Waals surface area (Å²) >= 11 is 0. The molecule has 2 fully saturated rings. The number of amides is 1. The lowest BCUT2D eigenvalue weighted by Gasteiger charge is -2.35. The van der Waals surface area contributed by atoms with Crippen molar-refractivity contribution in [3.8, 4) is 0 Å². The van der Waals surface area contributed by atoms with Gasteiger partial charge < -0.3 is 10.6 Å². The van der Waals surface area contributed by atoms with Crippen molar-refractivity contribution in [1.29, 1.82) is 0 Å². The zero-order valence-corrected chi connectivity index (χ0v) is 11.0. The van der Waals surface area contributed by atoms with Crippen molar-refractivity contribution >= 4 is 5.91 Å². The summed E-state index contributed by atoms with van der Waals surface area (Å²) in [5, 5.41) is 0. The highest BCUT2D eigenvalue weighted by molar-refractivity contribution is 5.79. The fourth-order valence-corrected chi connectivity index (χ4v) is 3.30. The van der Waals surface area contributed by atoms with E-state index in [0.29, 0.717) is 18.0 Å². The van der Waals surface area contributed by atoms with E-state index in [1.54, 1.807) is 0 Å². The van der Waals surface area contributed by atoms with Crippen molar-refractivity contribution in [2.45, 2.75) is 69.9 Å². The fraction of sp³-hybridized carbons (Fsp3) is 0.929. The van der Waals surface area contributed by atoms with Crippen LogP contribution in [0.1, 0.15) is 57.8 Å². The lowest BCUT2D eigenvalue weighted by atomic mass is 9.84. The Bertz CT molecular complexity index is 253. The fourth-order valence-electron chi connectivity index (χ4n) is 3.30. The first-order chi connectivity index (χ1) is 8.18. The topological polar surface area (TPSA) is 46.3 Å². The Hall–Kier alpha value is -0.570. The molecule has 0 bridgehead atoms. The molecule has 2 rings (SSSR count). The molecule has 3 nitrogen and oxygen atoms in total. The van der Waals surface area contributed by atoms with Gasteiger partial charge in [-0.3, -0.25) is 4.79 Å². The molecule has 0 aromatic carbocycles. The molecular formula is C14H26N2O. The summed E-state index contributed by atoms with van der Waals surface area (Å²) in [5.74, 6) is 0.630. The molecule has 0 heterocycles. The lowest BCUT2D eigenvalue weighted by Crippen LogP contribution is -2.43. The molecule has 0 atom stereocenters. The van der Waals surface area contributed by atoms with Crippen LogP contribution in [0.5, 0.6) is 0 Å². The van der Waals surface area contributed by atoms with Gasteiger partial charge in [0, 0.05) is 25.0 Å². The van der Waals surface area contributed by atoms with E-state index in [0.717, 1.165) is 25.7 Å². The Morgan fingerprint density at radius 3 is 2.18 bits per heavy atom. The molecular weight excluding hydrogens is 212 g/mol. The van der Waals surface area contributed by atoms with Crippen LogP contribution in [-0.4, -0.2) is 29.9 Å². The summed E-state index contributed by atoms with van der Waals surface area (Å²) in [7, 11) is 2.01. The van der Waals surface area contributed by atoms with E-state index in [1.165, 1.54) is 32.1 Å². The molecule has 17 heavy (non-hydrogen) atoms. The highest BCUT2D eigenvalue weighted by Gasteiger charge is 2.30. The average molecular weight is 238 g/mol. The van der Waals surface area contributed by atoms with Gasteiger partial charge in [0.25, 0.3) is 0 Å². The van der Waals surface area contributed by atoms with E-state index in [1.807, 2.05) is 11.9 Å². The smallest absolute Gasteiger partial charge is 0.225 e. The van der Waals surface area contributed by atoms with Crippen molar-refractivity contribution in [2.24, 2.45) is 11.7 Å². The van der Waals surface area contributed by atoms with Crippen molar-refractivity contribution in [1.82, 2.24) is 4.90 Å². The van der Waals surface area contributed by atoms with Gasteiger partial charge in [-0.05, 0) is 38.5 Å². The number of carbonyl (C=O) groups is 1. The van der Waals surface area contributed by atoms with E-state index in [-0.39, 0.29) is 5.92 Å². The van der Waals surface area contributed by atoms with Crippen LogP contribution in [0.4, 0.5) is 0 Å². The number of hydrogen-bond acceptors (Lipinski definition) is 2. The van der Waals surface area contributed by atoms with Crippen LogP contribution in [0.3, 0.4) is 0 Å². The predicted octanol–water partition coefficient (Wildman–Crippen LogP) is 2.29. The Morgan fingerprint density at radius 2 is 1.59 bits per heavy atom. The monoisotopic (exact) mass is 238 g/mol. The molecule has 2 aliphatic carbocycles. The van der Waals surface area contributed by atoms with Gasteiger partial charge in [0.1, 0.15) is 0 Å². The number of nitrogens with zero attached hydrogens (tertiary/aromatic N) is 1. The highest BCUT2D eigenvalue weighted by atomic mass is 16.2. The first-order valence-corrected chi connectivity index (χ1v) is 7.20. The Labute approximate surface area is 105 Å². The standard InChI is InChI=1S/C14H26N2O/c1-16(13-5-3-2-4-6-13)14(17)11-7-9-12(15)10-8-11/h11-13H,2-10,15H2,1H3. The van der Waals surface area contributed by atoms with Gasteiger partial charge in [-0.1, -0.05) is 19.3 Å². The predicted molar refractivity (Wildman–Crippen MR) is 69.6 cm³/mol. The summed E-state index contributed by atoms with van der Waals surface area (Å²) in [6.45, 7) is 0. The molecule has 2 aliphatic rings. The summed E-state index contributed by atoms with van der Waals surface area (Å²) in [5.41, 5.74) is 5.89. The van der Waals surface area contributed by atoms with Gasteiger partial charge in [-0.25, -0.2) is 0 Å². The maximum atomic E-state index is 12.4. The minimum atomic E-state index is 0.252. The van der Waals surface area contributed by atoms with Crippen molar-refractivity contribution in [3.63, 3.8) is 0 Å². The molecule has 1 amide bonds. The van der Waals surface area contributed by atoms with E-state index in [9.17, 15) is 4.79 Å². The molecule has 0 aromatic rings. The van der Waals surface area contributed by atoms with Crippen molar-refractivity contribution in [3.05, 3.63) is 0 Å². The van der Waals surface area contributed by atoms with E-state index in [4.69, 9.17) is 5.73 Å². The number of hydrogen-bond donors (Lipinski definition) is 1. The Balaban J connectivity index is 1.85. The van der Waals surface area contributed by atoms with Crippen LogP contribution in [0, 0.1) is 5.92 Å². The molecule has 0 saturated heterocycles. The zero-order valence-electron chi connectivity index (χ0n) is 11.0. The third-order valence-electron chi connectivity index (χ3n) is 4.59. The van der Waals surface area contributed by atoms with Gasteiger partial charge in [-0.2, -0.15) is 0 Å². The van der Waals surface area contributed by atoms with Crippen LogP contribution in [0.2, 0.25) is 0 Å². The van der Waals surface area contributed by atoms with Gasteiger partial charge in [0.15, 0.2) is 0 Å². The normalized spacial score (nSPS) is 31.2. The third-order valence-corrected chi connectivity index (χ3v) is 4.59. The Morgan fingerprint density at radius 1 is 1.00 bits per heavy atom. The number of rotatable bonds is 2. The summed E-state index contributed by atoms with van der Waals surface area (Å²) in [4.78, 5) is 14.4. The van der Waals surface area contributed by atoms with Crippen LogP contribution in [0.15, 0.2) is 0 Å². The second kappa shape index (κ2) is 5.85. The van der Waals surface area contributed by atoms with E-state index >= 15 is 0 Å². The van der Waals surface area contributed by atoms with Crippen LogP contribution < -0.4 is 5.73 Å². The van der Waals surface area contributed by atoms with Gasteiger partial charge in [-0.15, -0.1) is 0 Å². The number of nitrogens with two attached hydrogens (primary N) is 1. The molecule has 3 heteroatoms. The molecule has 0 radical (unpaired) electrons. The van der Waals surface area contributed by atoms with Gasteiger partial charge in [0.05, 0.1) is 0 Å². The molecule has 0 aliphatic heterocycles. The van der Waals surface area contributed by atoms with E-state index < -0.39 is 0 Å². The molecule has 98 valence electrons. The molecule has 0 aromatic heterocycles. The molecule has 2 saturated carbocycles. The quantitative estimate of drug-likeness (QED) is 0.802. The first-order valence-electron chi connectivity index (χ1n) is 7.20. The summed E-state index contributed by atoms with van der Waals surface area (Å²) in [6, 6.07) is 0.839. The zero-order chi connectivity index (χ0) is 12.3. The third kappa shape index (κ3) is 3.21. The minimum absolute atomic E-state index is 0.252. The van der Waals surface area contributed by atoms with Crippen LogP contribution in [-0.2, 0) is 4.79 Å². The van der Waals surface area contributed by atoms with Gasteiger partial charge in [0.2, 0.25) is 5.91 Å².